The highest BCUT2D eigenvalue weighted by Gasteiger charge is 1.82. The minimum Gasteiger partial charge on any atom is -0.303 e. The minimum absolute atomic E-state index is 1.09. The summed E-state index contributed by atoms with van der Waals surface area (Å²) < 4.78 is 0. The van der Waals surface area contributed by atoms with Crippen molar-refractivity contribution in [3.8, 4) is 0 Å². The molecule has 2 heteroatoms. The van der Waals surface area contributed by atoms with Crippen LogP contribution >= 0.6 is 0 Å². The minimum atomic E-state index is 1.09. The first-order valence-corrected chi connectivity index (χ1v) is 3.46. The van der Waals surface area contributed by atoms with Gasteiger partial charge in [0, 0.05) is 14.1 Å². The van der Waals surface area contributed by atoms with Crippen LogP contribution in [0.25, 0.3) is 0 Å². The maximum Gasteiger partial charge on any atom is 0.0542 e. The molecule has 0 aliphatic carbocycles. The van der Waals surface area contributed by atoms with Crippen LogP contribution in [-0.4, -0.2) is 25.3 Å². The van der Waals surface area contributed by atoms with Crippen molar-refractivity contribution in [2.75, 3.05) is 14.1 Å². The molecule has 0 bridgehead atoms. The zero-order chi connectivity index (χ0) is 8.10. The van der Waals surface area contributed by atoms with Gasteiger partial charge in [-0.15, -0.1) is 0 Å². The molecule has 1 radical (unpaired) electrons. The summed E-state index contributed by atoms with van der Waals surface area (Å²) in [6, 6.07) is 10.6. The summed E-state index contributed by atoms with van der Waals surface area (Å²) in [6.45, 7) is 0. The van der Waals surface area contributed by atoms with E-state index in [9.17, 15) is 0 Å². The van der Waals surface area contributed by atoms with Gasteiger partial charge >= 0.3 is 0 Å². The average Bonchev–Trinajstić information content (AvgIpc) is 2.03. The van der Waals surface area contributed by atoms with Crippen LogP contribution in [0.3, 0.4) is 0 Å². The van der Waals surface area contributed by atoms with Gasteiger partial charge in [-0.2, -0.15) is 5.10 Å². The van der Waals surface area contributed by atoms with Gasteiger partial charge in [-0.1, -0.05) is 24.3 Å². The van der Waals surface area contributed by atoms with E-state index >= 15 is 0 Å². The first-order chi connectivity index (χ1) is 5.29. The third-order valence-electron chi connectivity index (χ3n) is 1.18. The largest absolute Gasteiger partial charge is 0.303 e. The Morgan fingerprint density at radius 3 is 2.55 bits per heavy atom. The Balaban J connectivity index is 2.65. The number of hydrogen-bond acceptors (Lipinski definition) is 2. The molecule has 1 aromatic rings. The van der Waals surface area contributed by atoms with E-state index in [1.807, 2.05) is 44.6 Å². The van der Waals surface area contributed by atoms with Crippen LogP contribution in [0.15, 0.2) is 29.4 Å². The van der Waals surface area contributed by atoms with Gasteiger partial charge in [0.05, 0.1) is 6.21 Å². The molecule has 0 aliphatic heterocycles. The molecule has 0 heterocycles. The van der Waals surface area contributed by atoms with E-state index in [0.29, 0.717) is 0 Å². The molecule has 0 saturated heterocycles. The van der Waals surface area contributed by atoms with Crippen molar-refractivity contribution in [2.24, 2.45) is 5.10 Å². The summed E-state index contributed by atoms with van der Waals surface area (Å²) in [6.07, 6.45) is 1.81. The van der Waals surface area contributed by atoms with Gasteiger partial charge in [-0.05, 0) is 11.6 Å². The van der Waals surface area contributed by atoms with Crippen LogP contribution in [0.1, 0.15) is 5.56 Å². The van der Waals surface area contributed by atoms with Crippen molar-refractivity contribution >= 4 is 6.21 Å². The molecule has 0 aromatic heterocycles. The van der Waals surface area contributed by atoms with E-state index in [4.69, 9.17) is 0 Å². The van der Waals surface area contributed by atoms with Gasteiger partial charge in [0.1, 0.15) is 0 Å². The topological polar surface area (TPSA) is 15.6 Å². The van der Waals surface area contributed by atoms with Crippen LogP contribution in [0, 0.1) is 6.07 Å². The van der Waals surface area contributed by atoms with Crippen LogP contribution in [0.2, 0.25) is 0 Å². The highest BCUT2D eigenvalue weighted by atomic mass is 15.4. The molecule has 0 saturated carbocycles. The molecule has 2 nitrogen and oxygen atoms in total. The maximum absolute atomic E-state index is 4.09. The Morgan fingerprint density at radius 1 is 1.36 bits per heavy atom. The summed E-state index contributed by atoms with van der Waals surface area (Å²) in [4.78, 5) is 0. The molecule has 0 amide bonds. The van der Waals surface area contributed by atoms with E-state index in [2.05, 4.69) is 11.2 Å². The first kappa shape index (κ1) is 7.79. The Labute approximate surface area is 67.2 Å². The fraction of sp³-hybridized carbons (Fsp3) is 0.222. The molecule has 1 aromatic carbocycles. The van der Waals surface area contributed by atoms with Crippen LogP contribution in [0.5, 0.6) is 0 Å². The predicted molar refractivity (Wildman–Crippen MR) is 46.6 cm³/mol. The van der Waals surface area contributed by atoms with Crippen molar-refractivity contribution in [2.45, 2.75) is 0 Å². The molecule has 0 spiro atoms. The summed E-state index contributed by atoms with van der Waals surface area (Å²) in [5, 5.41) is 5.85. The first-order valence-electron chi connectivity index (χ1n) is 3.46. The Kier molecular flexibility index (Phi) is 2.66. The SMILES string of the molecule is CN(C)/N=C/c1cc[c]cc1. The maximum atomic E-state index is 4.09. The zero-order valence-electron chi connectivity index (χ0n) is 6.78. The third kappa shape index (κ3) is 2.85. The molecule has 0 N–H and O–H groups in total. The molecule has 57 valence electrons. The van der Waals surface area contributed by atoms with Gasteiger partial charge in [-0.25, -0.2) is 0 Å². The second kappa shape index (κ2) is 3.76. The molecule has 1 rings (SSSR count). The summed E-state index contributed by atoms with van der Waals surface area (Å²) in [7, 11) is 3.79. The van der Waals surface area contributed by atoms with Gasteiger partial charge < -0.3 is 5.01 Å². The van der Waals surface area contributed by atoms with E-state index in [1.165, 1.54) is 0 Å². The molecule has 0 aliphatic rings. The van der Waals surface area contributed by atoms with Gasteiger partial charge in [0.25, 0.3) is 0 Å². The number of hydrazone groups is 1. The normalized spacial score (nSPS) is 10.4. The zero-order valence-corrected chi connectivity index (χ0v) is 6.78. The Morgan fingerprint density at radius 2 is 2.00 bits per heavy atom. The fourth-order valence-corrected chi connectivity index (χ4v) is 0.668. The molecular formula is C9H11N2. The van der Waals surface area contributed by atoms with E-state index in [-0.39, 0.29) is 0 Å². The highest BCUT2D eigenvalue weighted by molar-refractivity contribution is 5.79. The lowest BCUT2D eigenvalue weighted by atomic mass is 10.2. The lowest BCUT2D eigenvalue weighted by Gasteiger charge is -2.01. The second-order valence-corrected chi connectivity index (χ2v) is 2.43. The Hall–Kier alpha value is -1.31. The molecule has 0 unspecified atom stereocenters. The standard InChI is InChI=1S/C9H11N2/c1-11(2)10-8-9-6-4-3-5-7-9/h4-8H,1-2H3/b10-8+. The Bertz CT molecular complexity index is 227. The summed E-state index contributed by atoms with van der Waals surface area (Å²) in [5.41, 5.74) is 1.09. The highest BCUT2D eigenvalue weighted by Crippen LogP contribution is 1.93. The van der Waals surface area contributed by atoms with E-state index < -0.39 is 0 Å². The lowest BCUT2D eigenvalue weighted by Crippen LogP contribution is -2.01. The molecule has 11 heavy (non-hydrogen) atoms. The van der Waals surface area contributed by atoms with Gasteiger partial charge in [0.15, 0.2) is 0 Å². The second-order valence-electron chi connectivity index (χ2n) is 2.43. The van der Waals surface area contributed by atoms with Crippen molar-refractivity contribution < 1.29 is 0 Å². The molecule has 0 atom stereocenters. The number of hydrogen-bond donors (Lipinski definition) is 0. The monoisotopic (exact) mass is 147 g/mol. The number of benzene rings is 1. The van der Waals surface area contributed by atoms with Crippen LogP contribution in [0.4, 0.5) is 0 Å². The smallest absolute Gasteiger partial charge is 0.0542 e. The van der Waals surface area contributed by atoms with Crippen molar-refractivity contribution in [1.82, 2.24) is 5.01 Å². The van der Waals surface area contributed by atoms with E-state index in [1.54, 1.807) is 5.01 Å². The van der Waals surface area contributed by atoms with Gasteiger partial charge in [0.2, 0.25) is 0 Å². The predicted octanol–water partition coefficient (Wildman–Crippen LogP) is 1.38. The summed E-state index contributed by atoms with van der Waals surface area (Å²) >= 11 is 0. The molecule has 0 fully saturated rings. The van der Waals surface area contributed by atoms with Crippen LogP contribution < -0.4 is 0 Å². The number of nitrogens with zero attached hydrogens (tertiary/aromatic N) is 2. The van der Waals surface area contributed by atoms with E-state index in [0.717, 1.165) is 5.56 Å². The van der Waals surface area contributed by atoms with Crippen molar-refractivity contribution in [3.63, 3.8) is 0 Å². The van der Waals surface area contributed by atoms with Crippen LogP contribution in [-0.2, 0) is 0 Å². The number of rotatable bonds is 2. The molecular weight excluding hydrogens is 136 g/mol. The average molecular weight is 147 g/mol. The fourth-order valence-electron chi connectivity index (χ4n) is 0.668. The third-order valence-corrected chi connectivity index (χ3v) is 1.18. The lowest BCUT2D eigenvalue weighted by molar-refractivity contribution is 0.440. The van der Waals surface area contributed by atoms with Crippen molar-refractivity contribution in [1.29, 1.82) is 0 Å². The quantitative estimate of drug-likeness (QED) is 0.456. The summed E-state index contributed by atoms with van der Waals surface area (Å²) in [5.74, 6) is 0. The van der Waals surface area contributed by atoms with Gasteiger partial charge in [-0.3, -0.25) is 0 Å². The van der Waals surface area contributed by atoms with Crippen molar-refractivity contribution in [3.05, 3.63) is 35.9 Å².